The molecule has 4 rings (SSSR count). The first-order valence-electron chi connectivity index (χ1n) is 10.2. The molecule has 0 bridgehead atoms. The lowest BCUT2D eigenvalue weighted by atomic mass is 9.95. The molecule has 1 aromatic heterocycles. The zero-order valence-electron chi connectivity index (χ0n) is 18.1. The molecule has 8 heteroatoms. The van der Waals surface area contributed by atoms with E-state index < -0.39 is 0 Å². The van der Waals surface area contributed by atoms with Gasteiger partial charge in [0.1, 0.15) is 23.5 Å². The maximum atomic E-state index is 12.6. The average Bonchev–Trinajstić information content (AvgIpc) is 3.41. The smallest absolute Gasteiger partial charge is 0.346 e. The highest BCUT2D eigenvalue weighted by Gasteiger charge is 2.41. The van der Waals surface area contributed by atoms with Crippen molar-refractivity contribution in [2.24, 2.45) is 5.10 Å². The summed E-state index contributed by atoms with van der Waals surface area (Å²) in [6, 6.07) is 15.9. The Labute approximate surface area is 180 Å². The molecule has 158 valence electrons. The highest BCUT2D eigenvalue weighted by Crippen LogP contribution is 2.33. The maximum absolute atomic E-state index is 12.6. The number of benzene rings is 2. The van der Waals surface area contributed by atoms with Gasteiger partial charge < -0.3 is 4.74 Å². The number of esters is 1. The fourth-order valence-corrected chi connectivity index (χ4v) is 3.97. The third-order valence-corrected chi connectivity index (χ3v) is 5.67. The van der Waals surface area contributed by atoms with Gasteiger partial charge in [0.25, 0.3) is 0 Å². The molecule has 0 amide bonds. The maximum Gasteiger partial charge on any atom is 0.346 e. The number of aromatic nitrogens is 4. The van der Waals surface area contributed by atoms with Gasteiger partial charge in [0.15, 0.2) is 0 Å². The number of rotatable bonds is 6. The second-order valence-corrected chi connectivity index (χ2v) is 7.62. The molecule has 1 aliphatic heterocycles. The monoisotopic (exact) mass is 417 g/mol. The molecule has 0 fully saturated rings. The van der Waals surface area contributed by atoms with Crippen LogP contribution in [0.25, 0.3) is 22.5 Å². The van der Waals surface area contributed by atoms with E-state index in [2.05, 4.69) is 27.5 Å². The minimum atomic E-state index is -0.360. The van der Waals surface area contributed by atoms with Crippen LogP contribution in [0.1, 0.15) is 25.8 Å². The van der Waals surface area contributed by atoms with Crippen molar-refractivity contribution < 1.29 is 14.1 Å². The molecule has 3 aromatic rings. The number of hydrogen-bond donors (Lipinski definition) is 1. The molecule has 2 aromatic carbocycles. The van der Waals surface area contributed by atoms with Crippen LogP contribution in [0.3, 0.4) is 0 Å². The zero-order chi connectivity index (χ0) is 22.0. The Morgan fingerprint density at radius 2 is 1.74 bits per heavy atom. The third kappa shape index (κ3) is 3.66. The van der Waals surface area contributed by atoms with E-state index in [1.807, 2.05) is 62.5 Å². The van der Waals surface area contributed by atoms with Gasteiger partial charge in [-0.1, -0.05) is 60.6 Å². The molecule has 8 nitrogen and oxygen atoms in total. The average molecular weight is 417 g/mol. The number of H-pyrrole nitrogens is 1. The van der Waals surface area contributed by atoms with Gasteiger partial charge in [0.05, 0.1) is 14.2 Å². The number of nitrogens with zero attached hydrogens (tertiary/aromatic N) is 5. The van der Waals surface area contributed by atoms with E-state index in [4.69, 9.17) is 9.84 Å². The summed E-state index contributed by atoms with van der Waals surface area (Å²) in [5.74, 6) is 0.180. The van der Waals surface area contributed by atoms with Crippen LogP contribution in [-0.2, 0) is 9.53 Å². The minimum absolute atomic E-state index is 0.360. The highest BCUT2D eigenvalue weighted by atomic mass is 16.5. The van der Waals surface area contributed by atoms with Gasteiger partial charge in [0, 0.05) is 18.1 Å². The molecule has 0 spiro atoms. The first kappa shape index (κ1) is 20.6. The predicted molar refractivity (Wildman–Crippen MR) is 118 cm³/mol. The molecular weight excluding hydrogens is 392 g/mol. The van der Waals surface area contributed by atoms with Crippen molar-refractivity contribution >= 4 is 11.7 Å². The van der Waals surface area contributed by atoms with E-state index in [-0.39, 0.29) is 5.97 Å². The number of hydrogen-bond acceptors (Lipinski definition) is 6. The summed E-state index contributed by atoms with van der Waals surface area (Å²) >= 11 is 0. The Hall–Kier alpha value is -3.65. The molecule has 1 unspecified atom stereocenters. The Morgan fingerprint density at radius 1 is 1.06 bits per heavy atom. The molecule has 1 N–H and O–H groups in total. The molecule has 2 heterocycles. The van der Waals surface area contributed by atoms with Gasteiger partial charge in [-0.05, 0) is 22.8 Å². The number of methoxy groups -OCH3 is 1. The number of carbonyl (C=O) groups is 1. The quantitative estimate of drug-likeness (QED) is 0.489. The summed E-state index contributed by atoms with van der Waals surface area (Å²) in [7, 11) is 3.42. The molecule has 1 atom stereocenters. The predicted octanol–water partition coefficient (Wildman–Crippen LogP) is 3.56. The van der Waals surface area contributed by atoms with Crippen LogP contribution in [0.15, 0.2) is 64.9 Å². The number of quaternary nitrogens is 1. The number of allylic oxidation sites excluding steroid dienone is 1. The number of ether oxygens (including phenoxy) is 1. The van der Waals surface area contributed by atoms with E-state index in [0.717, 1.165) is 40.9 Å². The molecular formula is C23H25N6O2+. The molecule has 0 aliphatic carbocycles. The Bertz CT molecular complexity index is 1170. The third-order valence-electron chi connectivity index (χ3n) is 5.67. The van der Waals surface area contributed by atoms with Crippen molar-refractivity contribution in [2.75, 3.05) is 20.7 Å². The number of nitrogens with one attached hydrogen (secondary N) is 1. The molecule has 0 radical (unpaired) electrons. The van der Waals surface area contributed by atoms with Crippen LogP contribution in [0.2, 0.25) is 0 Å². The first-order valence-corrected chi connectivity index (χ1v) is 10.2. The second-order valence-electron chi connectivity index (χ2n) is 7.62. The number of tetrazole rings is 1. The summed E-state index contributed by atoms with van der Waals surface area (Å²) in [5, 5.41) is 19.3. The van der Waals surface area contributed by atoms with Crippen LogP contribution in [0.4, 0.5) is 0 Å². The fourth-order valence-electron chi connectivity index (χ4n) is 3.97. The van der Waals surface area contributed by atoms with Gasteiger partial charge in [0.2, 0.25) is 5.82 Å². The molecule has 0 saturated carbocycles. The summed E-state index contributed by atoms with van der Waals surface area (Å²) in [4.78, 5) is 12.6. The van der Waals surface area contributed by atoms with Crippen molar-refractivity contribution in [1.29, 1.82) is 0 Å². The lowest BCUT2D eigenvalue weighted by Gasteiger charge is -2.24. The van der Waals surface area contributed by atoms with Crippen LogP contribution in [0.5, 0.6) is 0 Å². The summed E-state index contributed by atoms with van der Waals surface area (Å²) in [6.45, 7) is 4.87. The van der Waals surface area contributed by atoms with Crippen LogP contribution in [-0.4, -0.2) is 57.6 Å². The molecule has 0 saturated heterocycles. The van der Waals surface area contributed by atoms with E-state index in [1.165, 1.54) is 7.11 Å². The minimum Gasteiger partial charge on any atom is -0.465 e. The van der Waals surface area contributed by atoms with Crippen LogP contribution < -0.4 is 0 Å². The normalized spacial score (nSPS) is 18.3. The standard InChI is InChI=1S/C23H25N6O2/c1-5-14-29(3)15(2)20(23(30)31-4)21(26-29)17-12-10-16(11-13-17)18-8-6-7-9-19(18)22-24-27-28-25-22/h6-13H,5,14H2,1-4H3,(H,24,25,27,28)/q+1. The highest BCUT2D eigenvalue weighted by molar-refractivity contribution is 6.27. The second kappa shape index (κ2) is 8.23. The summed E-state index contributed by atoms with van der Waals surface area (Å²) in [6.07, 6.45) is 0.949. The van der Waals surface area contributed by atoms with E-state index in [0.29, 0.717) is 21.7 Å². The van der Waals surface area contributed by atoms with Gasteiger partial charge >= 0.3 is 5.97 Å². The first-order chi connectivity index (χ1) is 15.0. The summed E-state index contributed by atoms with van der Waals surface area (Å²) < 4.78 is 5.43. The van der Waals surface area contributed by atoms with Gasteiger partial charge in [-0.3, -0.25) is 0 Å². The Balaban J connectivity index is 1.75. The topological polar surface area (TPSA) is 93.1 Å². The summed E-state index contributed by atoms with van der Waals surface area (Å²) in [5.41, 5.74) is 5.87. The Morgan fingerprint density at radius 3 is 2.35 bits per heavy atom. The van der Waals surface area contributed by atoms with Crippen molar-refractivity contribution in [3.05, 3.63) is 65.4 Å². The Kier molecular flexibility index (Phi) is 5.48. The molecule has 31 heavy (non-hydrogen) atoms. The lowest BCUT2D eigenvalue weighted by molar-refractivity contribution is -0.876. The fraction of sp³-hybridized carbons (Fsp3) is 0.261. The van der Waals surface area contributed by atoms with E-state index in [9.17, 15) is 4.79 Å². The van der Waals surface area contributed by atoms with Gasteiger partial charge in [-0.2, -0.15) is 9.81 Å². The number of aromatic amines is 1. The zero-order valence-corrected chi connectivity index (χ0v) is 18.1. The van der Waals surface area contributed by atoms with E-state index in [1.54, 1.807) is 0 Å². The van der Waals surface area contributed by atoms with Gasteiger partial charge in [-0.25, -0.2) is 4.79 Å². The van der Waals surface area contributed by atoms with Crippen LogP contribution in [0, 0.1) is 0 Å². The van der Waals surface area contributed by atoms with Crippen molar-refractivity contribution in [1.82, 2.24) is 20.6 Å². The SMILES string of the molecule is CCC[N+]1(C)N=C(c2ccc(-c3ccccc3-c3nn[nH]n3)cc2)C(C(=O)OC)=C1C. The lowest BCUT2D eigenvalue weighted by Crippen LogP contribution is -2.35. The van der Waals surface area contributed by atoms with Crippen LogP contribution >= 0.6 is 0 Å². The van der Waals surface area contributed by atoms with Crippen molar-refractivity contribution in [2.45, 2.75) is 20.3 Å². The van der Waals surface area contributed by atoms with Gasteiger partial charge in [-0.15, -0.1) is 10.2 Å². The van der Waals surface area contributed by atoms with E-state index >= 15 is 0 Å². The van der Waals surface area contributed by atoms with Crippen molar-refractivity contribution in [3.63, 3.8) is 0 Å². The largest absolute Gasteiger partial charge is 0.465 e. The van der Waals surface area contributed by atoms with Crippen molar-refractivity contribution in [3.8, 4) is 22.5 Å². The number of carbonyl (C=O) groups excluding carboxylic acids is 1. The molecule has 1 aliphatic rings.